The Hall–Kier alpha value is -3.16. The highest BCUT2D eigenvalue weighted by Gasteiger charge is 2.29. The molecule has 0 saturated carbocycles. The summed E-state index contributed by atoms with van der Waals surface area (Å²) >= 11 is 0. The maximum absolute atomic E-state index is 12.6. The Morgan fingerprint density at radius 3 is 2.30 bits per heavy atom. The number of rotatable bonds is 5. The van der Waals surface area contributed by atoms with Crippen LogP contribution in [0.5, 0.6) is 0 Å². The van der Waals surface area contributed by atoms with Crippen molar-refractivity contribution >= 4 is 23.1 Å². The average molecular weight is 373 g/mol. The minimum Gasteiger partial charge on any atom is -0.339 e. The van der Waals surface area contributed by atoms with Crippen molar-refractivity contribution in [2.45, 2.75) is 25.9 Å². The first-order chi connectivity index (χ1) is 12.8. The number of benzene rings is 2. The van der Waals surface area contributed by atoms with Gasteiger partial charge in [-0.15, -0.1) is 5.10 Å². The second-order valence-electron chi connectivity index (χ2n) is 6.23. The third-order valence-electron chi connectivity index (χ3n) is 3.87. The van der Waals surface area contributed by atoms with Crippen LogP contribution in [0.4, 0.5) is 36.3 Å². The van der Waals surface area contributed by atoms with Crippen molar-refractivity contribution in [3.8, 4) is 0 Å². The Morgan fingerprint density at radius 2 is 1.63 bits per heavy atom. The molecule has 0 aliphatic heterocycles. The molecule has 8 heteroatoms. The Morgan fingerprint density at radius 1 is 0.926 bits per heavy atom. The van der Waals surface area contributed by atoms with Gasteiger partial charge in [-0.1, -0.05) is 32.0 Å². The fourth-order valence-corrected chi connectivity index (χ4v) is 2.54. The summed E-state index contributed by atoms with van der Waals surface area (Å²) in [5.74, 6) is 0.988. The topological polar surface area (TPSA) is 62.7 Å². The van der Waals surface area contributed by atoms with Crippen LogP contribution in [0.3, 0.4) is 0 Å². The van der Waals surface area contributed by atoms with Gasteiger partial charge >= 0.3 is 6.18 Å². The number of halogens is 3. The number of alkyl halides is 3. The van der Waals surface area contributed by atoms with Crippen LogP contribution >= 0.6 is 0 Å². The molecule has 2 N–H and O–H groups in total. The maximum atomic E-state index is 12.6. The highest BCUT2D eigenvalue weighted by atomic mass is 19.4. The highest BCUT2D eigenvalue weighted by Crippen LogP contribution is 2.30. The zero-order valence-corrected chi connectivity index (χ0v) is 14.7. The highest BCUT2D eigenvalue weighted by molar-refractivity contribution is 5.62. The molecule has 0 bridgehead atoms. The molecule has 0 fully saturated rings. The minimum atomic E-state index is -4.37. The maximum Gasteiger partial charge on any atom is 0.416 e. The first-order valence-corrected chi connectivity index (χ1v) is 8.33. The van der Waals surface area contributed by atoms with E-state index in [1.54, 1.807) is 0 Å². The minimum absolute atomic E-state index is 0.182. The number of nitrogens with one attached hydrogen (secondary N) is 2. The summed E-state index contributed by atoms with van der Waals surface area (Å²) in [7, 11) is 0. The fourth-order valence-electron chi connectivity index (χ4n) is 2.54. The number of para-hydroxylation sites is 1. The molecule has 140 valence electrons. The Balaban J connectivity index is 1.76. The van der Waals surface area contributed by atoms with E-state index in [-0.39, 0.29) is 5.95 Å². The zero-order chi connectivity index (χ0) is 19.4. The molecule has 2 aromatic carbocycles. The molecule has 0 aliphatic carbocycles. The standard InChI is InChI=1S/C19H18F3N5/c1-12(2)15-5-3-4-6-16(15)25-17-11-23-27-18(26-17)24-14-9-7-13(8-10-14)19(20,21)22/h3-12H,1-2H3,(H2,24,25,26,27). The number of aromatic nitrogens is 3. The van der Waals surface area contributed by atoms with E-state index >= 15 is 0 Å². The van der Waals surface area contributed by atoms with Crippen LogP contribution in [0.25, 0.3) is 0 Å². The molecule has 5 nitrogen and oxygen atoms in total. The Bertz CT molecular complexity index is 908. The second kappa shape index (κ2) is 7.61. The normalized spacial score (nSPS) is 11.5. The van der Waals surface area contributed by atoms with E-state index in [4.69, 9.17) is 0 Å². The molecular formula is C19H18F3N5. The monoisotopic (exact) mass is 373 g/mol. The lowest BCUT2D eigenvalue weighted by molar-refractivity contribution is -0.137. The molecule has 0 radical (unpaired) electrons. The number of hydrogen-bond donors (Lipinski definition) is 2. The van der Waals surface area contributed by atoms with E-state index in [1.807, 2.05) is 24.3 Å². The van der Waals surface area contributed by atoms with Gasteiger partial charge in [-0.05, 0) is 41.8 Å². The average Bonchev–Trinajstić information content (AvgIpc) is 2.62. The molecular weight excluding hydrogens is 355 g/mol. The van der Waals surface area contributed by atoms with Crippen molar-refractivity contribution in [2.75, 3.05) is 10.6 Å². The van der Waals surface area contributed by atoms with Gasteiger partial charge in [0.15, 0.2) is 5.82 Å². The largest absolute Gasteiger partial charge is 0.416 e. The molecule has 27 heavy (non-hydrogen) atoms. The summed E-state index contributed by atoms with van der Waals surface area (Å²) in [5, 5.41) is 13.8. The molecule has 0 atom stereocenters. The summed E-state index contributed by atoms with van der Waals surface area (Å²) in [5.41, 5.74) is 1.76. The third kappa shape index (κ3) is 4.72. The van der Waals surface area contributed by atoms with E-state index in [0.717, 1.165) is 23.4 Å². The van der Waals surface area contributed by atoms with Gasteiger partial charge in [0, 0.05) is 11.4 Å². The van der Waals surface area contributed by atoms with Crippen LogP contribution in [0, 0.1) is 0 Å². The lowest BCUT2D eigenvalue weighted by Crippen LogP contribution is -2.06. The summed E-state index contributed by atoms with van der Waals surface area (Å²) in [6.45, 7) is 4.19. The van der Waals surface area contributed by atoms with Crippen molar-refractivity contribution in [1.29, 1.82) is 0 Å². The molecule has 3 rings (SSSR count). The van der Waals surface area contributed by atoms with Crippen LogP contribution in [0.1, 0.15) is 30.9 Å². The molecule has 0 spiro atoms. The summed E-state index contributed by atoms with van der Waals surface area (Å²) < 4.78 is 37.9. The smallest absolute Gasteiger partial charge is 0.339 e. The molecule has 0 amide bonds. The molecule has 1 aromatic heterocycles. The Kier molecular flexibility index (Phi) is 5.25. The zero-order valence-electron chi connectivity index (χ0n) is 14.7. The van der Waals surface area contributed by atoms with E-state index < -0.39 is 11.7 Å². The van der Waals surface area contributed by atoms with Crippen molar-refractivity contribution in [1.82, 2.24) is 15.2 Å². The predicted molar refractivity (Wildman–Crippen MR) is 98.4 cm³/mol. The van der Waals surface area contributed by atoms with Crippen molar-refractivity contribution < 1.29 is 13.2 Å². The van der Waals surface area contributed by atoms with Crippen LogP contribution in [-0.4, -0.2) is 15.2 Å². The number of nitrogens with zero attached hydrogens (tertiary/aromatic N) is 3. The number of anilines is 4. The van der Waals surface area contributed by atoms with Crippen molar-refractivity contribution in [2.24, 2.45) is 0 Å². The molecule has 0 unspecified atom stereocenters. The molecule has 3 aromatic rings. The van der Waals surface area contributed by atoms with E-state index in [2.05, 4.69) is 39.7 Å². The lowest BCUT2D eigenvalue weighted by atomic mass is 10.0. The van der Waals surface area contributed by atoms with Gasteiger partial charge in [0.2, 0.25) is 5.95 Å². The van der Waals surface area contributed by atoms with Crippen molar-refractivity contribution in [3.63, 3.8) is 0 Å². The van der Waals surface area contributed by atoms with Crippen LogP contribution in [-0.2, 0) is 6.18 Å². The fraction of sp³-hybridized carbons (Fsp3) is 0.211. The first-order valence-electron chi connectivity index (χ1n) is 8.33. The molecule has 1 heterocycles. The van der Waals surface area contributed by atoms with Crippen LogP contribution in [0.2, 0.25) is 0 Å². The van der Waals surface area contributed by atoms with Gasteiger partial charge in [-0.25, -0.2) is 0 Å². The van der Waals surface area contributed by atoms with Gasteiger partial charge in [-0.3, -0.25) is 0 Å². The van der Waals surface area contributed by atoms with Gasteiger partial charge in [0.25, 0.3) is 0 Å². The number of hydrogen-bond acceptors (Lipinski definition) is 5. The SMILES string of the molecule is CC(C)c1ccccc1Nc1cnnc(Nc2ccc(C(F)(F)F)cc2)n1. The van der Waals surface area contributed by atoms with Gasteiger partial charge < -0.3 is 10.6 Å². The first kappa shape index (κ1) is 18.6. The van der Waals surface area contributed by atoms with E-state index in [9.17, 15) is 13.2 Å². The van der Waals surface area contributed by atoms with Crippen molar-refractivity contribution in [3.05, 3.63) is 65.9 Å². The van der Waals surface area contributed by atoms with Gasteiger partial charge in [-0.2, -0.15) is 23.3 Å². The molecule has 0 aliphatic rings. The quantitative estimate of drug-likeness (QED) is 0.618. The summed E-state index contributed by atoms with van der Waals surface area (Å²) in [4.78, 5) is 4.32. The Labute approximate surface area is 154 Å². The van der Waals surface area contributed by atoms with Gasteiger partial charge in [0.05, 0.1) is 11.8 Å². The molecule has 0 saturated heterocycles. The van der Waals surface area contributed by atoms with E-state index in [0.29, 0.717) is 17.4 Å². The van der Waals surface area contributed by atoms with Gasteiger partial charge in [0.1, 0.15) is 0 Å². The van der Waals surface area contributed by atoms with Crippen LogP contribution < -0.4 is 10.6 Å². The third-order valence-corrected chi connectivity index (χ3v) is 3.87. The van der Waals surface area contributed by atoms with Crippen LogP contribution in [0.15, 0.2) is 54.7 Å². The predicted octanol–water partition coefficient (Wildman–Crippen LogP) is 5.50. The lowest BCUT2D eigenvalue weighted by Gasteiger charge is -2.14. The van der Waals surface area contributed by atoms with E-state index in [1.165, 1.54) is 18.3 Å². The second-order valence-corrected chi connectivity index (χ2v) is 6.23. The summed E-state index contributed by atoms with van der Waals surface area (Å²) in [6, 6.07) is 12.5. The summed E-state index contributed by atoms with van der Waals surface area (Å²) in [6.07, 6.45) is -2.89.